The van der Waals surface area contributed by atoms with Gasteiger partial charge in [-0.25, -0.2) is 4.79 Å². The summed E-state index contributed by atoms with van der Waals surface area (Å²) in [7, 11) is 0. The number of hydrogen-bond acceptors (Lipinski definition) is 4. The average molecular weight is 260 g/mol. The summed E-state index contributed by atoms with van der Waals surface area (Å²) in [5, 5.41) is 9.08. The van der Waals surface area contributed by atoms with Gasteiger partial charge in [0, 0.05) is 13.0 Å². The molecule has 1 aliphatic rings. The molecule has 0 saturated carbocycles. The second-order valence-electron chi connectivity index (χ2n) is 3.99. The van der Waals surface area contributed by atoms with Crippen molar-refractivity contribution in [2.24, 2.45) is 11.7 Å². The van der Waals surface area contributed by atoms with Gasteiger partial charge in [0.05, 0.1) is 5.92 Å². The van der Waals surface area contributed by atoms with Crippen LogP contribution in [0.1, 0.15) is 12.8 Å². The quantitative estimate of drug-likeness (QED) is 0.672. The molecule has 0 bridgehead atoms. The number of carbonyl (C=O) groups is 3. The molecule has 0 radical (unpaired) electrons. The fourth-order valence-corrected chi connectivity index (χ4v) is 2.32. The van der Waals surface area contributed by atoms with Crippen molar-refractivity contribution < 1.29 is 19.5 Å². The third kappa shape index (κ3) is 3.36. The number of nitrogens with zero attached hydrogens (tertiary/aromatic N) is 1. The number of amides is 2. The molecule has 1 fully saturated rings. The number of hydrogen-bond donors (Lipinski definition) is 2. The average Bonchev–Trinajstić information content (AvgIpc) is 2.61. The molecule has 0 aromatic heterocycles. The van der Waals surface area contributed by atoms with Crippen molar-refractivity contribution in [1.29, 1.82) is 0 Å². The highest BCUT2D eigenvalue weighted by atomic mass is 32.2. The van der Waals surface area contributed by atoms with E-state index in [2.05, 4.69) is 0 Å². The van der Waals surface area contributed by atoms with Gasteiger partial charge in [0.1, 0.15) is 6.04 Å². The summed E-state index contributed by atoms with van der Waals surface area (Å²) in [6, 6.07) is -0.848. The Balaban J connectivity index is 2.71. The highest BCUT2D eigenvalue weighted by Gasteiger charge is 2.39. The van der Waals surface area contributed by atoms with Crippen LogP contribution in [0.3, 0.4) is 0 Å². The van der Waals surface area contributed by atoms with E-state index in [-0.39, 0.29) is 18.9 Å². The molecule has 0 aromatic carbocycles. The minimum absolute atomic E-state index is 0.0262. The van der Waals surface area contributed by atoms with Crippen molar-refractivity contribution in [3.8, 4) is 0 Å². The first kappa shape index (κ1) is 13.8. The monoisotopic (exact) mass is 260 g/mol. The fraction of sp³-hybridized carbons (Fsp3) is 0.700. The van der Waals surface area contributed by atoms with Crippen LogP contribution in [0.4, 0.5) is 0 Å². The zero-order valence-electron chi connectivity index (χ0n) is 9.59. The van der Waals surface area contributed by atoms with Gasteiger partial charge >= 0.3 is 5.97 Å². The Morgan fingerprint density at radius 1 is 1.65 bits per heavy atom. The van der Waals surface area contributed by atoms with Gasteiger partial charge in [-0.2, -0.15) is 11.8 Å². The summed E-state index contributed by atoms with van der Waals surface area (Å²) in [6.07, 6.45) is 2.28. The van der Waals surface area contributed by atoms with Gasteiger partial charge in [0.25, 0.3) is 0 Å². The molecule has 96 valence electrons. The molecule has 1 unspecified atom stereocenters. The Kier molecular flexibility index (Phi) is 4.80. The number of carbonyl (C=O) groups excluding carboxylic acids is 2. The van der Waals surface area contributed by atoms with Crippen LogP contribution in [-0.2, 0) is 14.4 Å². The Hall–Kier alpha value is -1.24. The van der Waals surface area contributed by atoms with Gasteiger partial charge in [-0.05, 0) is 18.4 Å². The second-order valence-corrected chi connectivity index (χ2v) is 4.97. The van der Waals surface area contributed by atoms with Gasteiger partial charge in [-0.1, -0.05) is 0 Å². The molecule has 0 spiro atoms. The Morgan fingerprint density at radius 3 is 2.71 bits per heavy atom. The maximum absolute atomic E-state index is 11.6. The zero-order valence-corrected chi connectivity index (χ0v) is 10.4. The molecular formula is C10H16N2O4S. The zero-order chi connectivity index (χ0) is 13.0. The van der Waals surface area contributed by atoms with Crippen LogP contribution in [0, 0.1) is 5.92 Å². The molecule has 1 aliphatic heterocycles. The summed E-state index contributed by atoms with van der Waals surface area (Å²) in [4.78, 5) is 35.0. The van der Waals surface area contributed by atoms with E-state index in [9.17, 15) is 14.4 Å². The first-order valence-corrected chi connectivity index (χ1v) is 6.67. The van der Waals surface area contributed by atoms with Crippen molar-refractivity contribution in [1.82, 2.24) is 4.90 Å². The molecule has 1 rings (SSSR count). The maximum atomic E-state index is 11.6. The molecule has 2 amide bonds. The van der Waals surface area contributed by atoms with Crippen molar-refractivity contribution in [2.75, 3.05) is 18.6 Å². The lowest BCUT2D eigenvalue weighted by atomic mass is 10.1. The fourth-order valence-electron chi connectivity index (χ4n) is 1.87. The predicted molar refractivity (Wildman–Crippen MR) is 63.4 cm³/mol. The number of thioether (sulfide) groups is 1. The highest BCUT2D eigenvalue weighted by Crippen LogP contribution is 2.22. The minimum Gasteiger partial charge on any atom is -0.480 e. The lowest BCUT2D eigenvalue weighted by Gasteiger charge is -2.24. The number of carboxylic acids is 1. The second kappa shape index (κ2) is 5.90. The normalized spacial score (nSPS) is 21.6. The van der Waals surface area contributed by atoms with E-state index < -0.39 is 23.8 Å². The number of primary amides is 1. The van der Waals surface area contributed by atoms with E-state index >= 15 is 0 Å². The SMILES string of the molecule is CSCC[C@@H](C(=O)O)N1CC(C(N)=O)CC1=O. The summed E-state index contributed by atoms with van der Waals surface area (Å²) in [5.74, 6) is -1.78. The summed E-state index contributed by atoms with van der Waals surface area (Å²) in [5.41, 5.74) is 5.13. The van der Waals surface area contributed by atoms with Crippen LogP contribution in [0.2, 0.25) is 0 Å². The number of carboxylic acid groups (broad SMARTS) is 1. The Morgan fingerprint density at radius 2 is 2.29 bits per heavy atom. The standard InChI is InChI=1S/C10H16N2O4S/c1-17-3-2-7(10(15)16)12-5-6(9(11)14)4-8(12)13/h6-7H,2-5H2,1H3,(H2,11,14)(H,15,16)/t6?,7-/m0/s1. The van der Waals surface area contributed by atoms with Gasteiger partial charge in [0.15, 0.2) is 0 Å². The smallest absolute Gasteiger partial charge is 0.326 e. The lowest BCUT2D eigenvalue weighted by Crippen LogP contribution is -2.43. The van der Waals surface area contributed by atoms with Crippen LogP contribution < -0.4 is 5.73 Å². The van der Waals surface area contributed by atoms with E-state index in [1.165, 1.54) is 16.7 Å². The van der Waals surface area contributed by atoms with Crippen LogP contribution in [0.15, 0.2) is 0 Å². The van der Waals surface area contributed by atoms with Gasteiger partial charge < -0.3 is 15.7 Å². The lowest BCUT2D eigenvalue weighted by molar-refractivity contribution is -0.148. The van der Waals surface area contributed by atoms with Crippen LogP contribution in [0.25, 0.3) is 0 Å². The molecule has 0 aromatic rings. The molecule has 1 heterocycles. The number of rotatable bonds is 6. The molecular weight excluding hydrogens is 244 g/mol. The highest BCUT2D eigenvalue weighted by molar-refractivity contribution is 7.98. The Bertz CT molecular complexity index is 334. The van der Waals surface area contributed by atoms with Gasteiger partial charge in [-0.3, -0.25) is 9.59 Å². The van der Waals surface area contributed by atoms with Crippen LogP contribution in [0.5, 0.6) is 0 Å². The predicted octanol–water partition coefficient (Wildman–Crippen LogP) is -0.473. The Labute approximate surface area is 104 Å². The number of aliphatic carboxylic acids is 1. The van der Waals surface area contributed by atoms with Crippen molar-refractivity contribution in [3.05, 3.63) is 0 Å². The van der Waals surface area contributed by atoms with E-state index in [1.54, 1.807) is 0 Å². The molecule has 3 N–H and O–H groups in total. The molecule has 6 nitrogen and oxygen atoms in total. The third-order valence-electron chi connectivity index (χ3n) is 2.82. The number of likely N-dealkylation sites (tertiary alicyclic amines) is 1. The van der Waals surface area contributed by atoms with E-state index in [0.717, 1.165) is 0 Å². The van der Waals surface area contributed by atoms with Gasteiger partial charge in [-0.15, -0.1) is 0 Å². The van der Waals surface area contributed by atoms with Crippen LogP contribution >= 0.6 is 11.8 Å². The topological polar surface area (TPSA) is 101 Å². The van der Waals surface area contributed by atoms with E-state index in [4.69, 9.17) is 10.8 Å². The molecule has 0 aliphatic carbocycles. The van der Waals surface area contributed by atoms with Gasteiger partial charge in [0.2, 0.25) is 11.8 Å². The number of nitrogens with two attached hydrogens (primary N) is 1. The first-order chi connectivity index (χ1) is 7.97. The molecule has 2 atom stereocenters. The summed E-state index contributed by atoms with van der Waals surface area (Å²) < 4.78 is 0. The third-order valence-corrected chi connectivity index (χ3v) is 3.46. The van der Waals surface area contributed by atoms with Crippen molar-refractivity contribution >= 4 is 29.5 Å². The molecule has 1 saturated heterocycles. The first-order valence-electron chi connectivity index (χ1n) is 5.28. The van der Waals surface area contributed by atoms with Crippen molar-refractivity contribution in [2.45, 2.75) is 18.9 Å². The maximum Gasteiger partial charge on any atom is 0.326 e. The molecule has 7 heteroatoms. The largest absolute Gasteiger partial charge is 0.480 e. The minimum atomic E-state index is -1.03. The summed E-state index contributed by atoms with van der Waals surface area (Å²) >= 11 is 1.52. The molecule has 17 heavy (non-hydrogen) atoms. The van der Waals surface area contributed by atoms with E-state index in [1.807, 2.05) is 6.26 Å². The van der Waals surface area contributed by atoms with Crippen LogP contribution in [-0.4, -0.2) is 52.4 Å². The summed E-state index contributed by atoms with van der Waals surface area (Å²) in [6.45, 7) is 0.125. The van der Waals surface area contributed by atoms with Crippen molar-refractivity contribution in [3.63, 3.8) is 0 Å². The van der Waals surface area contributed by atoms with E-state index in [0.29, 0.717) is 12.2 Å².